The minimum absolute atomic E-state index is 0.00246. The number of ether oxygens (including phenoxy) is 2. The normalized spacial score (nSPS) is 12.3. The molecule has 0 bridgehead atoms. The molecule has 0 atom stereocenters. The molecule has 0 amide bonds. The number of esters is 2. The molecule has 0 unspecified atom stereocenters. The van der Waals surface area contributed by atoms with Crippen molar-refractivity contribution in [1.29, 1.82) is 0 Å². The fourth-order valence-electron chi connectivity index (χ4n) is 2.86. The minimum Gasteiger partial charge on any atom is -0.426 e. The van der Waals surface area contributed by atoms with E-state index in [4.69, 9.17) is 9.47 Å². The van der Waals surface area contributed by atoms with E-state index in [1.54, 1.807) is 6.07 Å². The molecule has 0 heterocycles. The van der Waals surface area contributed by atoms with Gasteiger partial charge < -0.3 is 9.47 Å². The Kier molecular flexibility index (Phi) is 4.73. The molecule has 0 aromatic heterocycles. The fraction of sp³-hybridized carbons (Fsp3) is 0.158. The predicted molar refractivity (Wildman–Crippen MR) is 95.0 cm³/mol. The molecule has 1 aliphatic carbocycles. The van der Waals surface area contributed by atoms with Gasteiger partial charge in [0.2, 0.25) is 5.78 Å². The molecular formula is C19H13BrO6. The van der Waals surface area contributed by atoms with E-state index in [0.717, 1.165) is 0 Å². The Morgan fingerprint density at radius 2 is 1.50 bits per heavy atom. The van der Waals surface area contributed by atoms with Crippen LogP contribution in [0.2, 0.25) is 0 Å². The van der Waals surface area contributed by atoms with Crippen LogP contribution in [0.25, 0.3) is 0 Å². The number of rotatable bonds is 3. The molecule has 132 valence electrons. The Labute approximate surface area is 157 Å². The summed E-state index contributed by atoms with van der Waals surface area (Å²) >= 11 is 3.30. The lowest BCUT2D eigenvalue weighted by Gasteiger charge is -2.22. The number of alkyl halides is 1. The van der Waals surface area contributed by atoms with Crippen LogP contribution >= 0.6 is 15.9 Å². The molecule has 0 aliphatic heterocycles. The molecule has 0 saturated carbocycles. The van der Waals surface area contributed by atoms with Gasteiger partial charge in [-0.15, -0.1) is 0 Å². The largest absolute Gasteiger partial charge is 0.426 e. The summed E-state index contributed by atoms with van der Waals surface area (Å²) in [5, 5.41) is 0.413. The van der Waals surface area contributed by atoms with Gasteiger partial charge in [-0.3, -0.25) is 19.2 Å². The first-order valence-electron chi connectivity index (χ1n) is 7.65. The first kappa shape index (κ1) is 18.0. The third-order valence-corrected chi connectivity index (χ3v) is 4.44. The van der Waals surface area contributed by atoms with E-state index < -0.39 is 23.5 Å². The average Bonchev–Trinajstić information content (AvgIpc) is 2.57. The van der Waals surface area contributed by atoms with Gasteiger partial charge >= 0.3 is 11.9 Å². The maximum Gasteiger partial charge on any atom is 0.308 e. The summed E-state index contributed by atoms with van der Waals surface area (Å²) < 4.78 is 10.3. The Morgan fingerprint density at radius 1 is 0.885 bits per heavy atom. The van der Waals surface area contributed by atoms with Crippen LogP contribution in [-0.4, -0.2) is 23.5 Å². The number of halogens is 1. The summed E-state index contributed by atoms with van der Waals surface area (Å²) in [6.45, 7) is 2.41. The first-order chi connectivity index (χ1) is 12.3. The fourth-order valence-corrected chi connectivity index (χ4v) is 3.19. The number of carbonyl (C=O) groups is 4. The van der Waals surface area contributed by atoms with Gasteiger partial charge in [0, 0.05) is 30.3 Å². The summed E-state index contributed by atoms with van der Waals surface area (Å²) in [6.07, 6.45) is 0. The van der Waals surface area contributed by atoms with Gasteiger partial charge in [-0.1, -0.05) is 28.1 Å². The van der Waals surface area contributed by atoms with Gasteiger partial charge in [-0.05, 0) is 23.8 Å². The lowest BCUT2D eigenvalue weighted by atomic mass is 9.82. The van der Waals surface area contributed by atoms with Crippen molar-refractivity contribution in [3.63, 3.8) is 0 Å². The summed E-state index contributed by atoms with van der Waals surface area (Å²) in [6, 6.07) is 7.58. The second-order valence-corrected chi connectivity index (χ2v) is 6.24. The summed E-state index contributed by atoms with van der Waals surface area (Å²) in [7, 11) is 0. The Hall–Kier alpha value is -2.80. The second-order valence-electron chi connectivity index (χ2n) is 5.67. The molecule has 0 N–H and O–H groups in total. The molecule has 0 radical (unpaired) electrons. The van der Waals surface area contributed by atoms with Gasteiger partial charge in [0.05, 0.1) is 11.1 Å². The first-order valence-corrected chi connectivity index (χ1v) is 8.77. The van der Waals surface area contributed by atoms with E-state index in [1.807, 2.05) is 0 Å². The van der Waals surface area contributed by atoms with Crippen LogP contribution in [-0.2, 0) is 14.9 Å². The molecule has 0 spiro atoms. The summed E-state index contributed by atoms with van der Waals surface area (Å²) in [5.74, 6) is -2.16. The zero-order chi connectivity index (χ0) is 19.0. The topological polar surface area (TPSA) is 86.7 Å². The van der Waals surface area contributed by atoms with Gasteiger partial charge in [0.15, 0.2) is 5.78 Å². The van der Waals surface area contributed by atoms with Crippen molar-refractivity contribution in [2.45, 2.75) is 19.2 Å². The van der Waals surface area contributed by atoms with E-state index in [9.17, 15) is 19.2 Å². The number of benzene rings is 2. The SMILES string of the molecule is CC(=O)Oc1cccc2c1C(=O)c1c(OC(C)=O)cc(CBr)cc1C2=O. The van der Waals surface area contributed by atoms with Crippen LogP contribution < -0.4 is 9.47 Å². The standard InChI is InChI=1S/C19H13BrO6/c1-9(21)25-14-5-3-4-12-16(14)19(24)17-13(18(12)23)6-11(8-20)7-15(17)26-10(2)22/h3-7H,8H2,1-2H3. The van der Waals surface area contributed by atoms with E-state index in [-0.39, 0.29) is 33.8 Å². The van der Waals surface area contributed by atoms with Crippen molar-refractivity contribution in [2.75, 3.05) is 0 Å². The van der Waals surface area contributed by atoms with E-state index in [0.29, 0.717) is 10.9 Å². The van der Waals surface area contributed by atoms with Crippen molar-refractivity contribution in [2.24, 2.45) is 0 Å². The number of ketones is 2. The average molecular weight is 417 g/mol. The van der Waals surface area contributed by atoms with E-state index >= 15 is 0 Å². The number of hydrogen-bond acceptors (Lipinski definition) is 6. The monoisotopic (exact) mass is 416 g/mol. The number of fused-ring (bicyclic) bond motifs is 2. The van der Waals surface area contributed by atoms with Gasteiger partial charge in [-0.2, -0.15) is 0 Å². The van der Waals surface area contributed by atoms with Crippen molar-refractivity contribution >= 4 is 39.4 Å². The van der Waals surface area contributed by atoms with Crippen molar-refractivity contribution in [1.82, 2.24) is 0 Å². The molecule has 1 aliphatic rings. The highest BCUT2D eigenvalue weighted by Crippen LogP contribution is 2.38. The molecule has 6 nitrogen and oxygen atoms in total. The summed E-state index contributed by atoms with van der Waals surface area (Å²) in [5.41, 5.74) is 0.945. The molecular weight excluding hydrogens is 404 g/mol. The summed E-state index contributed by atoms with van der Waals surface area (Å²) in [4.78, 5) is 48.8. The predicted octanol–water partition coefficient (Wildman–Crippen LogP) is 3.21. The van der Waals surface area contributed by atoms with E-state index in [2.05, 4.69) is 15.9 Å². The Morgan fingerprint density at radius 3 is 2.12 bits per heavy atom. The zero-order valence-electron chi connectivity index (χ0n) is 13.9. The Bertz CT molecular complexity index is 976. The molecule has 26 heavy (non-hydrogen) atoms. The van der Waals surface area contributed by atoms with E-state index in [1.165, 1.54) is 38.1 Å². The maximum atomic E-state index is 13.1. The highest BCUT2D eigenvalue weighted by molar-refractivity contribution is 9.08. The highest BCUT2D eigenvalue weighted by atomic mass is 79.9. The quantitative estimate of drug-likeness (QED) is 0.370. The minimum atomic E-state index is -0.613. The Balaban J connectivity index is 2.28. The van der Waals surface area contributed by atoms with Crippen molar-refractivity contribution in [3.05, 3.63) is 58.1 Å². The van der Waals surface area contributed by atoms with Crippen LogP contribution in [0.15, 0.2) is 30.3 Å². The number of hydrogen-bond donors (Lipinski definition) is 0. The molecule has 0 fully saturated rings. The second kappa shape index (κ2) is 6.84. The molecule has 2 aromatic carbocycles. The van der Waals surface area contributed by atoms with Crippen LogP contribution in [0.5, 0.6) is 11.5 Å². The molecule has 7 heteroatoms. The van der Waals surface area contributed by atoms with Gasteiger partial charge in [0.25, 0.3) is 0 Å². The van der Waals surface area contributed by atoms with Gasteiger partial charge in [0.1, 0.15) is 11.5 Å². The zero-order valence-corrected chi connectivity index (χ0v) is 15.5. The smallest absolute Gasteiger partial charge is 0.308 e. The maximum absolute atomic E-state index is 13.1. The van der Waals surface area contributed by atoms with Crippen molar-refractivity contribution in [3.8, 4) is 11.5 Å². The third kappa shape index (κ3) is 3.06. The molecule has 2 aromatic rings. The lowest BCUT2D eigenvalue weighted by Crippen LogP contribution is -2.24. The lowest BCUT2D eigenvalue weighted by molar-refractivity contribution is -0.132. The highest BCUT2D eigenvalue weighted by Gasteiger charge is 2.36. The third-order valence-electron chi connectivity index (χ3n) is 3.79. The number of carbonyl (C=O) groups excluding carboxylic acids is 4. The van der Waals surface area contributed by atoms with Crippen LogP contribution in [0, 0.1) is 0 Å². The van der Waals surface area contributed by atoms with Crippen LogP contribution in [0.1, 0.15) is 51.3 Å². The molecule has 3 rings (SSSR count). The molecule has 0 saturated heterocycles. The van der Waals surface area contributed by atoms with Crippen LogP contribution in [0.4, 0.5) is 0 Å². The van der Waals surface area contributed by atoms with Gasteiger partial charge in [-0.25, -0.2) is 0 Å². The van der Waals surface area contributed by atoms with Crippen molar-refractivity contribution < 1.29 is 28.7 Å². The van der Waals surface area contributed by atoms with Crippen LogP contribution in [0.3, 0.4) is 0 Å².